The zero-order valence-electron chi connectivity index (χ0n) is 9.94. The molecule has 8 heteroatoms. The number of carbonyl (C=O) groups excluding carboxylic acids is 1. The second kappa shape index (κ2) is 4.60. The highest BCUT2D eigenvalue weighted by atomic mass is 19.4. The molecule has 0 aromatic carbocycles. The van der Waals surface area contributed by atoms with Crippen LogP contribution in [-0.4, -0.2) is 29.7 Å². The lowest BCUT2D eigenvalue weighted by Crippen LogP contribution is -2.38. The first kappa shape index (κ1) is 13.4. The number of nitrogens with two attached hydrogens (primary N) is 2. The van der Waals surface area contributed by atoms with Gasteiger partial charge in [-0.3, -0.25) is 4.79 Å². The van der Waals surface area contributed by atoms with E-state index in [0.717, 1.165) is 4.90 Å². The number of hydrogen-bond donors (Lipinski definition) is 2. The van der Waals surface area contributed by atoms with Crippen LogP contribution >= 0.6 is 0 Å². The number of halogens is 3. The van der Waals surface area contributed by atoms with Crippen molar-refractivity contribution in [2.24, 2.45) is 5.73 Å². The Balaban J connectivity index is 2.39. The lowest BCUT2D eigenvalue weighted by Gasteiger charge is -2.26. The van der Waals surface area contributed by atoms with Gasteiger partial charge < -0.3 is 16.4 Å². The lowest BCUT2D eigenvalue weighted by atomic mass is 10.2. The molecule has 0 saturated heterocycles. The average Bonchev–Trinajstić information content (AvgIpc) is 3.08. The fourth-order valence-corrected chi connectivity index (χ4v) is 1.84. The number of primary amides is 1. The van der Waals surface area contributed by atoms with E-state index >= 15 is 0 Å². The van der Waals surface area contributed by atoms with E-state index in [9.17, 15) is 18.0 Å². The van der Waals surface area contributed by atoms with Gasteiger partial charge in [-0.25, -0.2) is 4.98 Å². The Bertz CT molecular complexity index is 499. The van der Waals surface area contributed by atoms with E-state index in [1.165, 1.54) is 12.3 Å². The van der Waals surface area contributed by atoms with Crippen molar-refractivity contribution in [3.8, 4) is 0 Å². The van der Waals surface area contributed by atoms with Crippen molar-refractivity contribution in [1.82, 2.24) is 4.98 Å². The van der Waals surface area contributed by atoms with Crippen molar-refractivity contribution in [1.29, 1.82) is 0 Å². The highest BCUT2D eigenvalue weighted by Gasteiger charge is 2.40. The molecule has 2 rings (SSSR count). The molecule has 1 amide bonds. The maximum absolute atomic E-state index is 12.6. The van der Waals surface area contributed by atoms with Gasteiger partial charge in [0.2, 0.25) is 0 Å². The predicted octanol–water partition coefficient (Wildman–Crippen LogP) is 1.29. The average molecular weight is 274 g/mol. The molecule has 0 radical (unpaired) electrons. The van der Waals surface area contributed by atoms with E-state index < -0.39 is 18.6 Å². The van der Waals surface area contributed by atoms with Crippen molar-refractivity contribution in [2.45, 2.75) is 25.1 Å². The van der Waals surface area contributed by atoms with Gasteiger partial charge in [-0.05, 0) is 18.9 Å². The second-order valence-electron chi connectivity index (χ2n) is 4.48. The molecule has 1 fully saturated rings. The number of rotatable bonds is 4. The first-order valence-electron chi connectivity index (χ1n) is 5.66. The number of nitrogens with zero attached hydrogens (tertiary/aromatic N) is 2. The normalized spacial score (nSPS) is 15.3. The SMILES string of the molecule is NC(=O)c1cc(N)cnc1N(CC(F)(F)F)C1CC1. The van der Waals surface area contributed by atoms with Crippen LogP contribution in [0.3, 0.4) is 0 Å². The van der Waals surface area contributed by atoms with E-state index in [4.69, 9.17) is 11.5 Å². The van der Waals surface area contributed by atoms with Crippen LogP contribution in [0, 0.1) is 0 Å². The Hall–Kier alpha value is -1.99. The third-order valence-electron chi connectivity index (χ3n) is 2.76. The van der Waals surface area contributed by atoms with Gasteiger partial charge in [-0.2, -0.15) is 13.2 Å². The van der Waals surface area contributed by atoms with Crippen LogP contribution in [0.2, 0.25) is 0 Å². The maximum Gasteiger partial charge on any atom is 0.405 e. The summed E-state index contributed by atoms with van der Waals surface area (Å²) < 4.78 is 37.7. The molecule has 19 heavy (non-hydrogen) atoms. The molecule has 0 aliphatic heterocycles. The molecule has 0 bridgehead atoms. The molecule has 104 valence electrons. The molecule has 1 aliphatic rings. The van der Waals surface area contributed by atoms with Gasteiger partial charge >= 0.3 is 6.18 Å². The Kier molecular flexibility index (Phi) is 3.25. The van der Waals surface area contributed by atoms with Gasteiger partial charge in [0.25, 0.3) is 5.91 Å². The molecular weight excluding hydrogens is 261 g/mol. The largest absolute Gasteiger partial charge is 0.405 e. The summed E-state index contributed by atoms with van der Waals surface area (Å²) in [6, 6.07) is 0.993. The number of hydrogen-bond acceptors (Lipinski definition) is 4. The van der Waals surface area contributed by atoms with Gasteiger partial charge in [-0.15, -0.1) is 0 Å². The quantitative estimate of drug-likeness (QED) is 0.866. The van der Waals surface area contributed by atoms with Gasteiger partial charge in [-0.1, -0.05) is 0 Å². The molecule has 1 aromatic rings. The molecule has 0 spiro atoms. The molecule has 1 aliphatic carbocycles. The minimum Gasteiger partial charge on any atom is -0.397 e. The van der Waals surface area contributed by atoms with E-state index in [1.807, 2.05) is 0 Å². The highest BCUT2D eigenvalue weighted by Crippen LogP contribution is 2.35. The Morgan fingerprint density at radius 3 is 2.58 bits per heavy atom. The van der Waals surface area contributed by atoms with Crippen LogP contribution in [0.25, 0.3) is 0 Å². The topological polar surface area (TPSA) is 85.2 Å². The minimum absolute atomic E-state index is 0.0541. The highest BCUT2D eigenvalue weighted by molar-refractivity contribution is 5.98. The molecule has 0 unspecified atom stereocenters. The molecular formula is C11H13F3N4O. The van der Waals surface area contributed by atoms with Crippen LogP contribution in [-0.2, 0) is 0 Å². The summed E-state index contributed by atoms with van der Waals surface area (Å²) in [5.74, 6) is -0.899. The zero-order chi connectivity index (χ0) is 14.2. The maximum atomic E-state index is 12.6. The number of amides is 1. The van der Waals surface area contributed by atoms with Crippen LogP contribution in [0.5, 0.6) is 0 Å². The monoisotopic (exact) mass is 274 g/mol. The number of aromatic nitrogens is 1. The first-order valence-corrected chi connectivity index (χ1v) is 5.66. The molecule has 4 N–H and O–H groups in total. The van der Waals surface area contributed by atoms with E-state index in [1.54, 1.807) is 0 Å². The van der Waals surface area contributed by atoms with Gasteiger partial charge in [0, 0.05) is 6.04 Å². The zero-order valence-corrected chi connectivity index (χ0v) is 9.94. The summed E-state index contributed by atoms with van der Waals surface area (Å²) in [6.45, 7) is -1.16. The summed E-state index contributed by atoms with van der Waals surface area (Å²) in [7, 11) is 0. The lowest BCUT2D eigenvalue weighted by molar-refractivity contribution is -0.120. The van der Waals surface area contributed by atoms with Crippen molar-refractivity contribution in [2.75, 3.05) is 17.2 Å². The predicted molar refractivity (Wildman–Crippen MR) is 63.6 cm³/mol. The summed E-state index contributed by atoms with van der Waals surface area (Å²) in [5, 5.41) is 0. The molecule has 1 aromatic heterocycles. The van der Waals surface area contributed by atoms with Crippen LogP contribution < -0.4 is 16.4 Å². The van der Waals surface area contributed by atoms with Crippen molar-refractivity contribution in [3.63, 3.8) is 0 Å². The Morgan fingerprint density at radius 2 is 2.11 bits per heavy atom. The second-order valence-corrected chi connectivity index (χ2v) is 4.48. The summed E-state index contributed by atoms with van der Waals surface area (Å²) in [4.78, 5) is 16.2. The van der Waals surface area contributed by atoms with E-state index in [0.29, 0.717) is 12.8 Å². The summed E-state index contributed by atoms with van der Waals surface area (Å²) in [5.41, 5.74) is 10.7. The Morgan fingerprint density at radius 1 is 1.47 bits per heavy atom. The van der Waals surface area contributed by atoms with E-state index in [-0.39, 0.29) is 23.1 Å². The number of nitrogen functional groups attached to an aromatic ring is 1. The third kappa shape index (κ3) is 3.27. The van der Waals surface area contributed by atoms with E-state index in [2.05, 4.69) is 4.98 Å². The molecule has 5 nitrogen and oxygen atoms in total. The van der Waals surface area contributed by atoms with Crippen molar-refractivity contribution >= 4 is 17.4 Å². The minimum atomic E-state index is -4.37. The fraction of sp³-hybridized carbons (Fsp3) is 0.455. The first-order chi connectivity index (χ1) is 8.78. The van der Waals surface area contributed by atoms with Crippen molar-refractivity contribution < 1.29 is 18.0 Å². The standard InChI is InChI=1S/C11H13F3N4O/c12-11(13,14)5-18(7-1-2-7)10-8(9(16)19)3-6(15)4-17-10/h3-4,7H,1-2,5,15H2,(H2,16,19). The fourth-order valence-electron chi connectivity index (χ4n) is 1.84. The van der Waals surface area contributed by atoms with Crippen LogP contribution in [0.4, 0.5) is 24.7 Å². The number of pyridine rings is 1. The summed E-state index contributed by atoms with van der Waals surface area (Å²) in [6.07, 6.45) is -1.88. The number of anilines is 2. The van der Waals surface area contributed by atoms with Gasteiger partial charge in [0.15, 0.2) is 0 Å². The number of alkyl halides is 3. The van der Waals surface area contributed by atoms with Crippen molar-refractivity contribution in [3.05, 3.63) is 17.8 Å². The molecule has 0 atom stereocenters. The molecule has 1 heterocycles. The molecule has 1 saturated carbocycles. The smallest absolute Gasteiger partial charge is 0.397 e. The van der Waals surface area contributed by atoms with Crippen LogP contribution in [0.15, 0.2) is 12.3 Å². The van der Waals surface area contributed by atoms with Crippen LogP contribution in [0.1, 0.15) is 23.2 Å². The van der Waals surface area contributed by atoms with Gasteiger partial charge in [0.1, 0.15) is 12.4 Å². The third-order valence-corrected chi connectivity index (χ3v) is 2.76. The van der Waals surface area contributed by atoms with Gasteiger partial charge in [0.05, 0.1) is 17.4 Å². The number of carbonyl (C=O) groups is 1. The Labute approximate surface area is 107 Å². The summed E-state index contributed by atoms with van der Waals surface area (Å²) >= 11 is 0.